The van der Waals surface area contributed by atoms with E-state index in [2.05, 4.69) is 27.5 Å². The van der Waals surface area contributed by atoms with E-state index in [1.54, 1.807) is 12.5 Å². The van der Waals surface area contributed by atoms with Crippen molar-refractivity contribution in [1.29, 1.82) is 0 Å². The number of aromatic nitrogens is 4. The van der Waals surface area contributed by atoms with Gasteiger partial charge in [-0.1, -0.05) is 54.1 Å². The van der Waals surface area contributed by atoms with E-state index >= 15 is 0 Å². The molecule has 0 saturated carbocycles. The maximum atomic E-state index is 12.8. The molecule has 1 amide bonds. The average molecular weight is 476 g/mol. The number of fused-ring (bicyclic) bond motifs is 1. The molecule has 5 rings (SSSR count). The summed E-state index contributed by atoms with van der Waals surface area (Å²) in [5.41, 5.74) is 4.14. The van der Waals surface area contributed by atoms with Crippen molar-refractivity contribution in [3.8, 4) is 0 Å². The molecule has 0 fully saturated rings. The van der Waals surface area contributed by atoms with Gasteiger partial charge in [0.25, 0.3) is 5.91 Å². The fourth-order valence-electron chi connectivity index (χ4n) is 3.74. The summed E-state index contributed by atoms with van der Waals surface area (Å²) < 4.78 is 3.94. The number of carbonyl (C=O) groups is 1. The summed E-state index contributed by atoms with van der Waals surface area (Å²) in [6, 6.07) is 17.9. The molecule has 0 saturated heterocycles. The summed E-state index contributed by atoms with van der Waals surface area (Å²) in [5.74, 6) is -0.0811. The highest BCUT2D eigenvalue weighted by Crippen LogP contribution is 2.29. The van der Waals surface area contributed by atoms with Crippen LogP contribution in [0.2, 0.25) is 5.02 Å². The van der Waals surface area contributed by atoms with Gasteiger partial charge in [0.15, 0.2) is 0 Å². The van der Waals surface area contributed by atoms with Crippen LogP contribution < -0.4 is 5.32 Å². The number of nitrogens with zero attached hydrogens (tertiary/aromatic N) is 4. The van der Waals surface area contributed by atoms with Crippen molar-refractivity contribution in [2.24, 2.45) is 0 Å². The van der Waals surface area contributed by atoms with E-state index in [1.165, 1.54) is 16.9 Å². The smallest absolute Gasteiger partial charge is 0.261 e. The van der Waals surface area contributed by atoms with E-state index in [1.807, 2.05) is 64.8 Å². The predicted octanol–water partition coefficient (Wildman–Crippen LogP) is 5.28. The SMILES string of the molecule is Cc1nn(Cc2ccccc2Cl)c2sc(C(=O)NCc3ccc(Cn4ccnc4)cc3)cc12. The number of thiophene rings is 1. The average Bonchev–Trinajstić information content (AvgIpc) is 3.54. The third-order valence-electron chi connectivity index (χ3n) is 5.51. The Labute approximate surface area is 200 Å². The van der Waals surface area contributed by atoms with Crippen molar-refractivity contribution < 1.29 is 4.79 Å². The summed E-state index contributed by atoms with van der Waals surface area (Å²) in [6.45, 7) is 3.78. The van der Waals surface area contributed by atoms with Crippen LogP contribution in [0.1, 0.15) is 32.1 Å². The predicted molar refractivity (Wildman–Crippen MR) is 132 cm³/mol. The molecule has 0 atom stereocenters. The molecule has 33 heavy (non-hydrogen) atoms. The number of imidazole rings is 1. The monoisotopic (exact) mass is 475 g/mol. The van der Waals surface area contributed by atoms with Crippen molar-refractivity contribution in [3.05, 3.63) is 106 Å². The van der Waals surface area contributed by atoms with Crippen LogP contribution in [0.5, 0.6) is 0 Å². The molecule has 5 aromatic rings. The second-order valence-corrected chi connectivity index (χ2v) is 9.34. The van der Waals surface area contributed by atoms with Gasteiger partial charge in [-0.05, 0) is 35.7 Å². The van der Waals surface area contributed by atoms with Crippen LogP contribution in [0.25, 0.3) is 10.2 Å². The van der Waals surface area contributed by atoms with Crippen LogP contribution in [-0.2, 0) is 19.6 Å². The van der Waals surface area contributed by atoms with Crippen LogP contribution in [0.15, 0.2) is 73.3 Å². The van der Waals surface area contributed by atoms with Gasteiger partial charge in [0.2, 0.25) is 0 Å². The Morgan fingerprint density at radius 2 is 1.88 bits per heavy atom. The highest BCUT2D eigenvalue weighted by Gasteiger charge is 2.17. The maximum absolute atomic E-state index is 12.8. The highest BCUT2D eigenvalue weighted by atomic mass is 35.5. The molecule has 6 nitrogen and oxygen atoms in total. The molecular formula is C25H22ClN5OS. The van der Waals surface area contributed by atoms with Crippen LogP contribution in [0.3, 0.4) is 0 Å². The first-order valence-electron chi connectivity index (χ1n) is 10.6. The van der Waals surface area contributed by atoms with E-state index in [9.17, 15) is 4.79 Å². The lowest BCUT2D eigenvalue weighted by Gasteiger charge is -2.07. The van der Waals surface area contributed by atoms with Gasteiger partial charge in [-0.3, -0.25) is 9.48 Å². The van der Waals surface area contributed by atoms with Gasteiger partial charge in [-0.2, -0.15) is 5.10 Å². The lowest BCUT2D eigenvalue weighted by Crippen LogP contribution is -2.21. The second-order valence-electron chi connectivity index (χ2n) is 7.90. The van der Waals surface area contributed by atoms with E-state index in [-0.39, 0.29) is 5.91 Å². The van der Waals surface area contributed by atoms with Crippen molar-refractivity contribution in [2.75, 3.05) is 0 Å². The lowest BCUT2D eigenvalue weighted by molar-refractivity contribution is 0.0955. The minimum atomic E-state index is -0.0811. The van der Waals surface area contributed by atoms with Gasteiger partial charge in [0.1, 0.15) is 4.83 Å². The molecule has 8 heteroatoms. The van der Waals surface area contributed by atoms with Crippen molar-refractivity contribution >= 4 is 39.1 Å². The van der Waals surface area contributed by atoms with Gasteiger partial charge < -0.3 is 9.88 Å². The van der Waals surface area contributed by atoms with E-state index in [4.69, 9.17) is 11.6 Å². The number of aryl methyl sites for hydroxylation is 1. The summed E-state index contributed by atoms with van der Waals surface area (Å²) >= 11 is 7.78. The van der Waals surface area contributed by atoms with Gasteiger partial charge in [0.05, 0.1) is 23.4 Å². The first-order valence-corrected chi connectivity index (χ1v) is 11.8. The number of amides is 1. The fraction of sp³-hybridized carbons (Fsp3) is 0.160. The number of carbonyl (C=O) groups excluding carboxylic acids is 1. The number of hydrogen-bond donors (Lipinski definition) is 1. The molecule has 0 spiro atoms. The van der Waals surface area contributed by atoms with Crippen LogP contribution in [-0.4, -0.2) is 25.2 Å². The van der Waals surface area contributed by atoms with Crippen LogP contribution in [0.4, 0.5) is 0 Å². The number of nitrogens with one attached hydrogen (secondary N) is 1. The van der Waals surface area contributed by atoms with Crippen LogP contribution in [0, 0.1) is 6.92 Å². The molecule has 166 valence electrons. The zero-order valence-corrected chi connectivity index (χ0v) is 19.6. The Balaban J connectivity index is 1.26. The molecule has 0 aliphatic carbocycles. The van der Waals surface area contributed by atoms with E-state index < -0.39 is 0 Å². The zero-order chi connectivity index (χ0) is 22.8. The molecule has 0 unspecified atom stereocenters. The van der Waals surface area contributed by atoms with E-state index in [0.29, 0.717) is 23.0 Å². The molecule has 2 aromatic carbocycles. The minimum Gasteiger partial charge on any atom is -0.347 e. The number of halogens is 1. The third-order valence-corrected chi connectivity index (χ3v) is 7.03. The molecule has 0 aliphatic rings. The van der Waals surface area contributed by atoms with Gasteiger partial charge in [0, 0.05) is 35.9 Å². The highest BCUT2D eigenvalue weighted by molar-refractivity contribution is 7.20. The summed E-state index contributed by atoms with van der Waals surface area (Å²) in [5, 5.41) is 9.39. The fourth-order valence-corrected chi connectivity index (χ4v) is 5.02. The van der Waals surface area contributed by atoms with Crippen LogP contribution >= 0.6 is 22.9 Å². The molecule has 3 aromatic heterocycles. The Bertz CT molecular complexity index is 1400. The van der Waals surface area contributed by atoms with Gasteiger partial charge >= 0.3 is 0 Å². The molecule has 3 heterocycles. The number of benzene rings is 2. The first kappa shape index (κ1) is 21.4. The normalized spacial score (nSPS) is 11.2. The van der Waals surface area contributed by atoms with Gasteiger partial charge in [-0.15, -0.1) is 11.3 Å². The third kappa shape index (κ3) is 4.69. The number of rotatable bonds is 7. The van der Waals surface area contributed by atoms with Crippen molar-refractivity contribution in [2.45, 2.75) is 26.6 Å². The second kappa shape index (κ2) is 9.21. The molecule has 0 bridgehead atoms. The largest absolute Gasteiger partial charge is 0.347 e. The van der Waals surface area contributed by atoms with Crippen molar-refractivity contribution in [3.63, 3.8) is 0 Å². The molecule has 1 N–H and O–H groups in total. The Kier molecular flexibility index (Phi) is 5.98. The molecule has 0 aliphatic heterocycles. The summed E-state index contributed by atoms with van der Waals surface area (Å²) in [4.78, 5) is 18.6. The zero-order valence-electron chi connectivity index (χ0n) is 18.0. The standard InChI is InChI=1S/C25H22ClN5OS/c1-17-21-12-23(33-25(21)31(29-17)15-20-4-2-3-5-22(20)26)24(32)28-13-18-6-8-19(9-7-18)14-30-11-10-27-16-30/h2-12,16H,13-15H2,1H3,(H,28,32). The Hall–Kier alpha value is -3.42. The topological polar surface area (TPSA) is 64.7 Å². The maximum Gasteiger partial charge on any atom is 0.261 e. The van der Waals surface area contributed by atoms with E-state index in [0.717, 1.165) is 33.6 Å². The van der Waals surface area contributed by atoms with Crippen molar-refractivity contribution in [1.82, 2.24) is 24.6 Å². The quantitative estimate of drug-likeness (QED) is 0.348. The summed E-state index contributed by atoms with van der Waals surface area (Å²) in [6.07, 6.45) is 5.51. The lowest BCUT2D eigenvalue weighted by atomic mass is 10.1. The summed E-state index contributed by atoms with van der Waals surface area (Å²) in [7, 11) is 0. The Morgan fingerprint density at radius 1 is 1.09 bits per heavy atom. The number of hydrogen-bond acceptors (Lipinski definition) is 4. The molecule has 0 radical (unpaired) electrons. The molecular weight excluding hydrogens is 454 g/mol. The first-order chi connectivity index (χ1) is 16.1. The Morgan fingerprint density at radius 3 is 2.64 bits per heavy atom. The minimum absolute atomic E-state index is 0.0811. The van der Waals surface area contributed by atoms with Gasteiger partial charge in [-0.25, -0.2) is 4.98 Å².